The summed E-state index contributed by atoms with van der Waals surface area (Å²) in [7, 11) is 0. The third kappa shape index (κ3) is 3.95. The van der Waals surface area contributed by atoms with E-state index in [4.69, 9.17) is 16.3 Å². The molecule has 1 aliphatic rings. The Balaban J connectivity index is 1.45. The van der Waals surface area contributed by atoms with Gasteiger partial charge in [0.2, 0.25) is 5.88 Å². The first kappa shape index (κ1) is 17.9. The van der Waals surface area contributed by atoms with Crippen molar-refractivity contribution in [2.45, 2.75) is 51.6 Å². The molecule has 0 N–H and O–H groups in total. The summed E-state index contributed by atoms with van der Waals surface area (Å²) in [6.07, 6.45) is 7.55. The lowest BCUT2D eigenvalue weighted by Gasteiger charge is -2.28. The molecule has 7 heteroatoms. The molecule has 4 rings (SSSR count). The fourth-order valence-electron chi connectivity index (χ4n) is 3.60. The summed E-state index contributed by atoms with van der Waals surface area (Å²) >= 11 is 6.03. The van der Waals surface area contributed by atoms with Crippen LogP contribution in [0.15, 0.2) is 36.7 Å². The minimum absolute atomic E-state index is 0.172. The van der Waals surface area contributed by atoms with Gasteiger partial charge in [0.1, 0.15) is 17.8 Å². The molecule has 2 aromatic heterocycles. The molecule has 0 radical (unpaired) electrons. The number of rotatable bonds is 4. The van der Waals surface area contributed by atoms with Gasteiger partial charge < -0.3 is 4.74 Å². The largest absolute Gasteiger partial charge is 0.473 e. The highest BCUT2D eigenvalue weighted by Gasteiger charge is 2.28. The SMILES string of the molecule is Cc1cnc(O[C@H]2CC[C@H](c3nnc(C)n3-c3ccc(Cl)cc3)CC2)cn1. The van der Waals surface area contributed by atoms with E-state index in [2.05, 4.69) is 24.7 Å². The number of aromatic nitrogens is 5. The maximum Gasteiger partial charge on any atom is 0.232 e. The summed E-state index contributed by atoms with van der Waals surface area (Å²) in [5.74, 6) is 2.87. The lowest BCUT2D eigenvalue weighted by Crippen LogP contribution is -2.25. The van der Waals surface area contributed by atoms with Gasteiger partial charge in [0.05, 0.1) is 18.1 Å². The second kappa shape index (κ2) is 7.64. The molecule has 1 saturated carbocycles. The molecule has 0 spiro atoms. The Hall–Kier alpha value is -2.47. The summed E-state index contributed by atoms with van der Waals surface area (Å²) in [5.41, 5.74) is 1.94. The standard InChI is InChI=1S/C20H22ClN5O/c1-13-11-23-19(12-22-13)27-18-9-3-15(4-10-18)20-25-24-14(2)26(20)17-7-5-16(21)6-8-17/h5-8,11-12,15,18H,3-4,9-10H2,1-2H3/t15-,18-. The predicted molar refractivity (Wildman–Crippen MR) is 104 cm³/mol. The maximum atomic E-state index is 6.03. The summed E-state index contributed by atoms with van der Waals surface area (Å²) in [6.45, 7) is 3.90. The smallest absolute Gasteiger partial charge is 0.232 e. The normalized spacial score (nSPS) is 19.8. The van der Waals surface area contributed by atoms with Crippen LogP contribution in [0.2, 0.25) is 5.02 Å². The van der Waals surface area contributed by atoms with Crippen LogP contribution in [0, 0.1) is 13.8 Å². The summed E-state index contributed by atoms with van der Waals surface area (Å²) < 4.78 is 8.13. The Morgan fingerprint density at radius 3 is 2.37 bits per heavy atom. The molecular formula is C20H22ClN5O. The van der Waals surface area contributed by atoms with E-state index >= 15 is 0 Å². The second-order valence-electron chi connectivity index (χ2n) is 7.00. The number of hydrogen-bond acceptors (Lipinski definition) is 5. The highest BCUT2D eigenvalue weighted by Crippen LogP contribution is 2.34. The Kier molecular flexibility index (Phi) is 5.07. The van der Waals surface area contributed by atoms with Crippen molar-refractivity contribution in [3.8, 4) is 11.6 Å². The molecule has 0 unspecified atom stereocenters. The number of ether oxygens (including phenoxy) is 1. The van der Waals surface area contributed by atoms with Gasteiger partial charge in [0.15, 0.2) is 0 Å². The summed E-state index contributed by atoms with van der Waals surface area (Å²) in [4.78, 5) is 8.53. The van der Waals surface area contributed by atoms with Crippen LogP contribution >= 0.6 is 11.6 Å². The van der Waals surface area contributed by atoms with Gasteiger partial charge >= 0.3 is 0 Å². The van der Waals surface area contributed by atoms with Crippen molar-refractivity contribution in [3.05, 3.63) is 59.0 Å². The van der Waals surface area contributed by atoms with Crippen molar-refractivity contribution in [1.82, 2.24) is 24.7 Å². The van der Waals surface area contributed by atoms with Gasteiger partial charge in [0.25, 0.3) is 0 Å². The van der Waals surface area contributed by atoms with Crippen LogP contribution in [0.5, 0.6) is 5.88 Å². The van der Waals surface area contributed by atoms with E-state index in [0.29, 0.717) is 11.8 Å². The first-order chi connectivity index (χ1) is 13.1. The number of benzene rings is 1. The number of halogens is 1. The topological polar surface area (TPSA) is 65.7 Å². The van der Waals surface area contributed by atoms with Crippen molar-refractivity contribution in [2.75, 3.05) is 0 Å². The molecular weight excluding hydrogens is 362 g/mol. The number of nitrogens with zero attached hydrogens (tertiary/aromatic N) is 5. The van der Waals surface area contributed by atoms with E-state index < -0.39 is 0 Å². The summed E-state index contributed by atoms with van der Waals surface area (Å²) in [6, 6.07) is 7.81. The van der Waals surface area contributed by atoms with Gasteiger partial charge in [-0.15, -0.1) is 10.2 Å². The van der Waals surface area contributed by atoms with Crippen LogP contribution in [0.25, 0.3) is 5.69 Å². The molecule has 2 heterocycles. The van der Waals surface area contributed by atoms with Gasteiger partial charge in [-0.25, -0.2) is 4.98 Å². The second-order valence-corrected chi connectivity index (χ2v) is 7.44. The molecule has 1 aromatic carbocycles. The fraction of sp³-hybridized carbons (Fsp3) is 0.400. The van der Waals surface area contributed by atoms with Gasteiger partial charge in [-0.05, 0) is 63.8 Å². The quantitative estimate of drug-likeness (QED) is 0.666. The molecule has 140 valence electrons. The van der Waals surface area contributed by atoms with E-state index in [0.717, 1.165) is 53.7 Å². The molecule has 3 aromatic rings. The van der Waals surface area contributed by atoms with Crippen LogP contribution in [0.3, 0.4) is 0 Å². The van der Waals surface area contributed by atoms with Gasteiger partial charge in [0, 0.05) is 16.6 Å². The zero-order valence-electron chi connectivity index (χ0n) is 15.5. The van der Waals surface area contributed by atoms with Crippen LogP contribution in [0.1, 0.15) is 48.9 Å². The van der Waals surface area contributed by atoms with E-state index in [9.17, 15) is 0 Å². The van der Waals surface area contributed by atoms with Crippen LogP contribution in [-0.2, 0) is 0 Å². The Morgan fingerprint density at radius 2 is 1.70 bits per heavy atom. The molecule has 1 aliphatic carbocycles. The van der Waals surface area contributed by atoms with Gasteiger partial charge in [-0.1, -0.05) is 11.6 Å². The number of aryl methyl sites for hydroxylation is 2. The first-order valence-corrected chi connectivity index (χ1v) is 9.61. The Bertz CT molecular complexity index is 899. The van der Waals surface area contributed by atoms with E-state index in [1.165, 1.54) is 0 Å². The minimum Gasteiger partial charge on any atom is -0.473 e. The predicted octanol–water partition coefficient (Wildman–Crippen LogP) is 4.43. The average Bonchev–Trinajstić information content (AvgIpc) is 3.06. The molecule has 0 bridgehead atoms. The lowest BCUT2D eigenvalue weighted by atomic mass is 9.86. The highest BCUT2D eigenvalue weighted by molar-refractivity contribution is 6.30. The van der Waals surface area contributed by atoms with Crippen LogP contribution in [-0.4, -0.2) is 30.8 Å². The van der Waals surface area contributed by atoms with Crippen LogP contribution < -0.4 is 4.74 Å². The molecule has 0 amide bonds. The third-order valence-corrected chi connectivity index (χ3v) is 5.27. The lowest BCUT2D eigenvalue weighted by molar-refractivity contribution is 0.138. The van der Waals surface area contributed by atoms with Crippen molar-refractivity contribution in [2.24, 2.45) is 0 Å². The minimum atomic E-state index is 0.172. The Morgan fingerprint density at radius 1 is 0.963 bits per heavy atom. The first-order valence-electron chi connectivity index (χ1n) is 9.23. The van der Waals surface area contributed by atoms with Crippen molar-refractivity contribution in [3.63, 3.8) is 0 Å². The molecule has 0 atom stereocenters. The van der Waals surface area contributed by atoms with Crippen molar-refractivity contribution in [1.29, 1.82) is 0 Å². The zero-order valence-corrected chi connectivity index (χ0v) is 16.2. The third-order valence-electron chi connectivity index (χ3n) is 5.02. The maximum absolute atomic E-state index is 6.03. The van der Waals surface area contributed by atoms with E-state index in [-0.39, 0.29) is 6.10 Å². The zero-order chi connectivity index (χ0) is 18.8. The molecule has 27 heavy (non-hydrogen) atoms. The van der Waals surface area contributed by atoms with Crippen LogP contribution in [0.4, 0.5) is 0 Å². The monoisotopic (exact) mass is 383 g/mol. The van der Waals surface area contributed by atoms with E-state index in [1.807, 2.05) is 38.1 Å². The molecule has 0 aliphatic heterocycles. The van der Waals surface area contributed by atoms with Crippen molar-refractivity contribution < 1.29 is 4.74 Å². The summed E-state index contributed by atoms with van der Waals surface area (Å²) in [5, 5.41) is 9.51. The molecule has 1 fully saturated rings. The average molecular weight is 384 g/mol. The highest BCUT2D eigenvalue weighted by atomic mass is 35.5. The van der Waals surface area contributed by atoms with E-state index in [1.54, 1.807) is 12.4 Å². The molecule has 6 nitrogen and oxygen atoms in total. The fourth-order valence-corrected chi connectivity index (χ4v) is 3.73. The van der Waals surface area contributed by atoms with Crippen molar-refractivity contribution >= 4 is 11.6 Å². The van der Waals surface area contributed by atoms with Gasteiger partial charge in [-0.2, -0.15) is 0 Å². The molecule has 0 saturated heterocycles. The Labute approximate surface area is 163 Å². The number of hydrogen-bond donors (Lipinski definition) is 0. The van der Waals surface area contributed by atoms with Gasteiger partial charge in [-0.3, -0.25) is 9.55 Å².